The highest BCUT2D eigenvalue weighted by Crippen LogP contribution is 2.38. The molecule has 0 N–H and O–H groups in total. The zero-order valence-corrected chi connectivity index (χ0v) is 20.2. The Morgan fingerprint density at radius 1 is 1.03 bits per heavy atom. The highest BCUT2D eigenvalue weighted by Gasteiger charge is 2.33. The summed E-state index contributed by atoms with van der Waals surface area (Å²) in [5.41, 5.74) is 2.73. The van der Waals surface area contributed by atoms with E-state index in [0.29, 0.717) is 44.2 Å². The largest absolute Gasteiger partial charge is 0.485 e. The Labute approximate surface area is 206 Å². The lowest BCUT2D eigenvalue weighted by Crippen LogP contribution is -2.07. The van der Waals surface area contributed by atoms with E-state index in [1.807, 2.05) is 32.0 Å². The van der Waals surface area contributed by atoms with Crippen molar-refractivity contribution < 1.29 is 22.3 Å². The molecular weight excluding hydrogens is 491 g/mol. The number of fused-ring (bicyclic) bond motifs is 5. The summed E-state index contributed by atoms with van der Waals surface area (Å²) >= 11 is 1.11. The van der Waals surface area contributed by atoms with E-state index in [0.717, 1.165) is 34.3 Å². The van der Waals surface area contributed by atoms with E-state index < -0.39 is 11.9 Å². The average molecular weight is 510 g/mol. The molecule has 0 unspecified atom stereocenters. The maximum absolute atomic E-state index is 13.3. The molecule has 7 nitrogen and oxygen atoms in total. The number of ether oxygens (including phenoxy) is 1. The van der Waals surface area contributed by atoms with Crippen molar-refractivity contribution in [3.8, 4) is 17.3 Å². The van der Waals surface area contributed by atoms with E-state index in [4.69, 9.17) is 9.15 Å². The van der Waals surface area contributed by atoms with Gasteiger partial charge in [-0.05, 0) is 56.2 Å². The lowest BCUT2D eigenvalue weighted by Gasteiger charge is -2.08. The average Bonchev–Trinajstić information content (AvgIpc) is 3.53. The number of thiophene rings is 1. The summed E-state index contributed by atoms with van der Waals surface area (Å²) < 4.78 is 53.7. The summed E-state index contributed by atoms with van der Waals surface area (Å²) in [5.74, 6) is 2.16. The zero-order valence-electron chi connectivity index (χ0n) is 19.3. The first-order valence-corrected chi connectivity index (χ1v) is 11.8. The maximum Gasteiger partial charge on any atom is 0.433 e. The van der Waals surface area contributed by atoms with Crippen molar-refractivity contribution >= 4 is 37.4 Å². The molecule has 11 heteroatoms. The van der Waals surface area contributed by atoms with Crippen molar-refractivity contribution in [2.75, 3.05) is 0 Å². The molecule has 1 aromatic carbocycles. The van der Waals surface area contributed by atoms with Gasteiger partial charge in [0.15, 0.2) is 11.4 Å². The number of halogens is 3. The number of alkyl halides is 3. The van der Waals surface area contributed by atoms with Crippen molar-refractivity contribution in [2.45, 2.75) is 33.6 Å². The molecule has 0 amide bonds. The second kappa shape index (κ2) is 8.02. The number of aryl methyl sites for hydroxylation is 3. The Bertz CT molecular complexity index is 1780. The van der Waals surface area contributed by atoms with Gasteiger partial charge in [-0.25, -0.2) is 19.5 Å². The van der Waals surface area contributed by atoms with Crippen LogP contribution < -0.4 is 4.74 Å². The van der Waals surface area contributed by atoms with Gasteiger partial charge in [0.2, 0.25) is 5.82 Å². The Hall–Kier alpha value is -3.99. The first-order valence-electron chi connectivity index (χ1n) is 11.0. The molecule has 0 aliphatic carbocycles. The molecule has 0 bridgehead atoms. The van der Waals surface area contributed by atoms with Crippen LogP contribution in [0.1, 0.15) is 28.1 Å². The topological polar surface area (TPSA) is 78.3 Å². The van der Waals surface area contributed by atoms with Crippen molar-refractivity contribution in [3.05, 3.63) is 70.9 Å². The second-order valence-electron chi connectivity index (χ2n) is 8.55. The number of nitrogens with zero attached hydrogens (tertiary/aromatic N) is 5. The number of pyridine rings is 1. The normalized spacial score (nSPS) is 12.3. The first kappa shape index (κ1) is 22.5. The van der Waals surface area contributed by atoms with Gasteiger partial charge in [-0.1, -0.05) is 17.7 Å². The monoisotopic (exact) mass is 509 g/mol. The lowest BCUT2D eigenvalue weighted by molar-refractivity contribution is -0.141. The van der Waals surface area contributed by atoms with Crippen LogP contribution in [-0.2, 0) is 12.8 Å². The molecular formula is C25H18F3N5O2S. The molecule has 6 rings (SSSR count). The third-order valence-corrected chi connectivity index (χ3v) is 6.91. The van der Waals surface area contributed by atoms with E-state index in [1.165, 1.54) is 10.8 Å². The summed E-state index contributed by atoms with van der Waals surface area (Å²) in [6.45, 7) is 5.88. The molecule has 0 radical (unpaired) electrons. The minimum absolute atomic E-state index is 0.242. The number of hydrogen-bond donors (Lipinski definition) is 0. The van der Waals surface area contributed by atoms with Gasteiger partial charge >= 0.3 is 6.18 Å². The maximum atomic E-state index is 13.3. The van der Waals surface area contributed by atoms with Crippen LogP contribution in [0.25, 0.3) is 37.7 Å². The van der Waals surface area contributed by atoms with Gasteiger partial charge in [-0.2, -0.15) is 13.2 Å². The van der Waals surface area contributed by atoms with Crippen LogP contribution in [0.4, 0.5) is 13.2 Å². The molecule has 36 heavy (non-hydrogen) atoms. The molecule has 0 saturated heterocycles. The molecule has 182 valence electrons. The molecule has 6 aromatic rings. The van der Waals surface area contributed by atoms with Crippen LogP contribution in [0.3, 0.4) is 0 Å². The van der Waals surface area contributed by atoms with Crippen molar-refractivity contribution in [2.24, 2.45) is 0 Å². The number of benzene rings is 1. The van der Waals surface area contributed by atoms with Gasteiger partial charge in [0, 0.05) is 5.39 Å². The number of furan rings is 1. The van der Waals surface area contributed by atoms with E-state index in [2.05, 4.69) is 20.1 Å². The van der Waals surface area contributed by atoms with Crippen LogP contribution in [0.5, 0.6) is 5.75 Å². The summed E-state index contributed by atoms with van der Waals surface area (Å²) in [4.78, 5) is 13.1. The third-order valence-electron chi connectivity index (χ3n) is 5.84. The quantitative estimate of drug-likeness (QED) is 0.264. The molecule has 5 heterocycles. The fourth-order valence-electron chi connectivity index (χ4n) is 4.15. The van der Waals surface area contributed by atoms with E-state index in [9.17, 15) is 13.2 Å². The van der Waals surface area contributed by atoms with E-state index in [-0.39, 0.29) is 11.4 Å². The smallest absolute Gasteiger partial charge is 0.433 e. The highest BCUT2D eigenvalue weighted by atomic mass is 32.1. The Morgan fingerprint density at radius 3 is 2.64 bits per heavy atom. The molecule has 0 fully saturated rings. The SMILES string of the molecule is Cc1ccc(OCc2ccc(-c3nc4c5sc6nc(C(F)(F)F)cc(C)c6c5ncn4n3)o2)c(C)c1. The number of hydrogen-bond acceptors (Lipinski definition) is 7. The highest BCUT2D eigenvalue weighted by molar-refractivity contribution is 7.26. The minimum atomic E-state index is -4.53. The van der Waals surface area contributed by atoms with Gasteiger partial charge in [-0.15, -0.1) is 16.4 Å². The third kappa shape index (κ3) is 3.76. The second-order valence-corrected chi connectivity index (χ2v) is 9.55. The standard InChI is InChI=1S/C25H18F3N5O2S/c1-12-4-6-16(13(2)8-12)34-10-15-5-7-17(35-15)22-31-23-21-20(29-11-33(23)32-22)19-14(3)9-18(25(26,27)28)30-24(19)36-21/h4-9,11H,10H2,1-3H3. The Kier molecular flexibility index (Phi) is 5.01. The molecule has 0 spiro atoms. The molecule has 0 saturated carbocycles. The van der Waals surface area contributed by atoms with Crippen LogP contribution in [0.2, 0.25) is 0 Å². The number of rotatable bonds is 4. The van der Waals surface area contributed by atoms with Crippen LogP contribution >= 0.6 is 11.3 Å². The fraction of sp³-hybridized carbons (Fsp3) is 0.200. The Morgan fingerprint density at radius 2 is 1.86 bits per heavy atom. The summed E-state index contributed by atoms with van der Waals surface area (Å²) in [7, 11) is 0. The molecule has 0 aliphatic heterocycles. The van der Waals surface area contributed by atoms with Gasteiger partial charge in [0.1, 0.15) is 39.7 Å². The molecule has 5 aromatic heterocycles. The van der Waals surface area contributed by atoms with E-state index >= 15 is 0 Å². The number of aromatic nitrogens is 5. The van der Waals surface area contributed by atoms with Crippen LogP contribution in [-0.4, -0.2) is 24.6 Å². The summed E-state index contributed by atoms with van der Waals surface area (Å²) in [6, 6.07) is 10.6. The molecule has 0 atom stereocenters. The lowest BCUT2D eigenvalue weighted by atomic mass is 10.1. The van der Waals surface area contributed by atoms with Gasteiger partial charge in [0.25, 0.3) is 0 Å². The van der Waals surface area contributed by atoms with Crippen molar-refractivity contribution in [1.82, 2.24) is 24.6 Å². The minimum Gasteiger partial charge on any atom is -0.485 e. The van der Waals surface area contributed by atoms with E-state index in [1.54, 1.807) is 19.1 Å². The Balaban J connectivity index is 1.35. The first-order chi connectivity index (χ1) is 17.2. The van der Waals surface area contributed by atoms with Crippen molar-refractivity contribution in [1.29, 1.82) is 0 Å². The van der Waals surface area contributed by atoms with Gasteiger partial charge < -0.3 is 9.15 Å². The van der Waals surface area contributed by atoms with Gasteiger partial charge in [0.05, 0.1) is 5.52 Å². The fourth-order valence-corrected chi connectivity index (χ4v) is 5.32. The van der Waals surface area contributed by atoms with Crippen LogP contribution in [0.15, 0.2) is 47.1 Å². The van der Waals surface area contributed by atoms with Gasteiger partial charge in [-0.3, -0.25) is 0 Å². The van der Waals surface area contributed by atoms with Crippen LogP contribution in [0, 0.1) is 20.8 Å². The molecule has 0 aliphatic rings. The van der Waals surface area contributed by atoms with Crippen molar-refractivity contribution in [3.63, 3.8) is 0 Å². The summed E-state index contributed by atoms with van der Waals surface area (Å²) in [6.07, 6.45) is -3.04. The zero-order chi connectivity index (χ0) is 25.2. The predicted octanol–water partition coefficient (Wildman–Crippen LogP) is 6.67. The summed E-state index contributed by atoms with van der Waals surface area (Å²) in [5, 5.41) is 5.03. The predicted molar refractivity (Wildman–Crippen MR) is 129 cm³/mol.